The molecular weight excluding hydrogens is 308 g/mol. The van der Waals surface area contributed by atoms with E-state index in [1.165, 1.54) is 4.90 Å². The number of rotatable bonds is 5. The van der Waals surface area contributed by atoms with Crippen LogP contribution < -0.4 is 4.74 Å². The van der Waals surface area contributed by atoms with Crippen LogP contribution in [0.15, 0.2) is 18.2 Å². The Morgan fingerprint density at radius 2 is 2.00 bits per heavy atom. The van der Waals surface area contributed by atoms with Gasteiger partial charge in [-0.3, -0.25) is 9.59 Å². The Bertz CT molecular complexity index is 633. The van der Waals surface area contributed by atoms with Crippen LogP contribution in [0.3, 0.4) is 0 Å². The number of carboxylic acids is 1. The number of likely N-dealkylation sites (tertiary alicyclic amines) is 1. The summed E-state index contributed by atoms with van der Waals surface area (Å²) >= 11 is 0. The first-order valence-electron chi connectivity index (χ1n) is 7.54. The fourth-order valence-corrected chi connectivity index (χ4v) is 3.12. The number of halogens is 2. The summed E-state index contributed by atoms with van der Waals surface area (Å²) in [5.41, 5.74) is 0. The van der Waals surface area contributed by atoms with Gasteiger partial charge in [-0.1, -0.05) is 0 Å². The van der Waals surface area contributed by atoms with Gasteiger partial charge in [0.1, 0.15) is 5.82 Å². The molecule has 0 spiro atoms. The third-order valence-corrected chi connectivity index (χ3v) is 4.51. The van der Waals surface area contributed by atoms with Gasteiger partial charge in [0.25, 0.3) is 5.91 Å². The molecule has 1 aliphatic carbocycles. The van der Waals surface area contributed by atoms with Crippen LogP contribution in [0, 0.1) is 29.4 Å². The van der Waals surface area contributed by atoms with Gasteiger partial charge in [0.2, 0.25) is 0 Å². The minimum atomic E-state index is -0.886. The van der Waals surface area contributed by atoms with Crippen molar-refractivity contribution in [1.29, 1.82) is 0 Å². The minimum Gasteiger partial charge on any atom is -0.481 e. The van der Waals surface area contributed by atoms with E-state index >= 15 is 0 Å². The second-order valence-electron chi connectivity index (χ2n) is 6.11. The van der Waals surface area contributed by atoms with Crippen LogP contribution in [0.1, 0.15) is 12.8 Å². The zero-order chi connectivity index (χ0) is 16.6. The molecule has 5 nitrogen and oxygen atoms in total. The molecule has 7 heteroatoms. The van der Waals surface area contributed by atoms with Crippen LogP contribution in [0.4, 0.5) is 8.78 Å². The lowest BCUT2D eigenvalue weighted by molar-refractivity contribution is -0.142. The van der Waals surface area contributed by atoms with Crippen LogP contribution in [0.25, 0.3) is 0 Å². The number of carbonyl (C=O) groups excluding carboxylic acids is 1. The van der Waals surface area contributed by atoms with E-state index < -0.39 is 30.1 Å². The summed E-state index contributed by atoms with van der Waals surface area (Å²) in [4.78, 5) is 24.9. The summed E-state index contributed by atoms with van der Waals surface area (Å²) < 4.78 is 31.4. The lowest BCUT2D eigenvalue weighted by Gasteiger charge is -2.16. The molecule has 1 N–H and O–H groups in total. The monoisotopic (exact) mass is 325 g/mol. The molecule has 124 valence electrons. The highest BCUT2D eigenvalue weighted by Gasteiger charge is 2.46. The number of ether oxygens (including phenoxy) is 1. The lowest BCUT2D eigenvalue weighted by Crippen LogP contribution is -2.34. The summed E-state index contributed by atoms with van der Waals surface area (Å²) in [5, 5.41) is 9.28. The van der Waals surface area contributed by atoms with Crippen molar-refractivity contribution in [3.05, 3.63) is 29.8 Å². The molecule has 0 unspecified atom stereocenters. The molecule has 1 amide bonds. The van der Waals surface area contributed by atoms with E-state index in [9.17, 15) is 23.5 Å². The van der Waals surface area contributed by atoms with Gasteiger partial charge >= 0.3 is 5.97 Å². The van der Waals surface area contributed by atoms with Crippen molar-refractivity contribution in [2.45, 2.75) is 12.8 Å². The van der Waals surface area contributed by atoms with Crippen molar-refractivity contribution in [2.75, 3.05) is 19.7 Å². The Kier molecular flexibility index (Phi) is 4.19. The predicted octanol–water partition coefficient (Wildman–Crippen LogP) is 1.91. The Balaban J connectivity index is 1.59. The Morgan fingerprint density at radius 3 is 2.61 bits per heavy atom. The van der Waals surface area contributed by atoms with Crippen molar-refractivity contribution < 1.29 is 28.2 Å². The number of carboxylic acid groups (broad SMARTS) is 1. The molecule has 2 aliphatic rings. The molecule has 1 saturated carbocycles. The molecule has 0 bridgehead atoms. The van der Waals surface area contributed by atoms with Gasteiger partial charge in [-0.15, -0.1) is 0 Å². The fraction of sp³-hybridized carbons (Fsp3) is 0.500. The number of hydrogen-bond donors (Lipinski definition) is 1. The topological polar surface area (TPSA) is 66.8 Å². The van der Waals surface area contributed by atoms with Gasteiger partial charge in [0.05, 0.1) is 5.92 Å². The third kappa shape index (κ3) is 3.43. The van der Waals surface area contributed by atoms with Crippen LogP contribution in [0.2, 0.25) is 0 Å². The largest absolute Gasteiger partial charge is 0.481 e. The zero-order valence-corrected chi connectivity index (χ0v) is 12.4. The molecule has 2 atom stereocenters. The molecule has 3 rings (SSSR count). The van der Waals surface area contributed by atoms with Crippen molar-refractivity contribution in [1.82, 2.24) is 4.90 Å². The van der Waals surface area contributed by atoms with Crippen molar-refractivity contribution in [3.63, 3.8) is 0 Å². The summed E-state index contributed by atoms with van der Waals surface area (Å²) in [6.07, 6.45) is 2.02. The Hall–Kier alpha value is -2.18. The number of aliphatic carboxylic acids is 1. The molecule has 1 aromatic rings. The molecule has 1 aromatic carbocycles. The summed E-state index contributed by atoms with van der Waals surface area (Å²) in [7, 11) is 0. The highest BCUT2D eigenvalue weighted by atomic mass is 19.1. The Morgan fingerprint density at radius 1 is 1.26 bits per heavy atom. The van der Waals surface area contributed by atoms with E-state index in [1.54, 1.807) is 0 Å². The van der Waals surface area contributed by atoms with Crippen LogP contribution in [-0.2, 0) is 9.59 Å². The second-order valence-corrected chi connectivity index (χ2v) is 6.11. The van der Waals surface area contributed by atoms with E-state index in [0.717, 1.165) is 25.0 Å². The highest BCUT2D eigenvalue weighted by molar-refractivity contribution is 5.80. The molecule has 1 saturated heterocycles. The maximum absolute atomic E-state index is 13.5. The van der Waals surface area contributed by atoms with Crippen LogP contribution >= 0.6 is 0 Å². The van der Waals surface area contributed by atoms with Crippen molar-refractivity contribution >= 4 is 11.9 Å². The summed E-state index contributed by atoms with van der Waals surface area (Å²) in [6.45, 7) is 0.159. The molecule has 1 aliphatic heterocycles. The first kappa shape index (κ1) is 15.7. The summed E-state index contributed by atoms with van der Waals surface area (Å²) in [6, 6.07) is 2.84. The number of nitrogens with zero attached hydrogens (tertiary/aromatic N) is 1. The molecule has 0 radical (unpaired) electrons. The Labute approximate surface area is 131 Å². The van der Waals surface area contributed by atoms with Gasteiger partial charge in [0, 0.05) is 19.2 Å². The maximum atomic E-state index is 13.5. The second kappa shape index (κ2) is 6.14. The lowest BCUT2D eigenvalue weighted by atomic mass is 9.92. The van der Waals surface area contributed by atoms with Gasteiger partial charge in [0.15, 0.2) is 18.2 Å². The normalized spacial score (nSPS) is 23.8. The summed E-state index contributed by atoms with van der Waals surface area (Å²) in [5.74, 6) is -3.26. The number of amides is 1. The standard InChI is InChI=1S/C16H17F2NO4/c17-10-3-4-14(13(18)5-10)23-8-15(20)19-6-11(9-1-2-9)12(7-19)16(21)22/h3-5,9,11-12H,1-2,6-8H2,(H,21,22)/t11-,12+/m1/s1. The third-order valence-electron chi connectivity index (χ3n) is 4.51. The maximum Gasteiger partial charge on any atom is 0.308 e. The molecule has 1 heterocycles. The molecule has 2 fully saturated rings. The average molecular weight is 325 g/mol. The smallest absolute Gasteiger partial charge is 0.308 e. The molecule has 0 aromatic heterocycles. The number of benzene rings is 1. The first-order chi connectivity index (χ1) is 11.0. The van der Waals surface area contributed by atoms with E-state index in [4.69, 9.17) is 4.74 Å². The minimum absolute atomic E-state index is 0.0148. The first-order valence-corrected chi connectivity index (χ1v) is 7.54. The molecule has 23 heavy (non-hydrogen) atoms. The van der Waals surface area contributed by atoms with E-state index in [0.29, 0.717) is 18.5 Å². The van der Waals surface area contributed by atoms with E-state index in [-0.39, 0.29) is 24.1 Å². The van der Waals surface area contributed by atoms with Gasteiger partial charge in [-0.2, -0.15) is 0 Å². The van der Waals surface area contributed by atoms with E-state index in [1.807, 2.05) is 0 Å². The predicted molar refractivity (Wildman–Crippen MR) is 75.8 cm³/mol. The van der Waals surface area contributed by atoms with Gasteiger partial charge in [-0.05, 0) is 36.8 Å². The van der Waals surface area contributed by atoms with E-state index in [2.05, 4.69) is 0 Å². The van der Waals surface area contributed by atoms with Gasteiger partial charge in [-0.25, -0.2) is 8.78 Å². The quantitative estimate of drug-likeness (QED) is 0.898. The van der Waals surface area contributed by atoms with Crippen LogP contribution in [0.5, 0.6) is 5.75 Å². The van der Waals surface area contributed by atoms with Crippen LogP contribution in [-0.4, -0.2) is 41.6 Å². The van der Waals surface area contributed by atoms with Crippen molar-refractivity contribution in [3.8, 4) is 5.75 Å². The highest BCUT2D eigenvalue weighted by Crippen LogP contribution is 2.44. The fourth-order valence-electron chi connectivity index (χ4n) is 3.12. The SMILES string of the molecule is O=C(O)[C@H]1CN(C(=O)COc2ccc(F)cc2F)C[C@@H]1C1CC1. The number of carbonyl (C=O) groups is 2. The zero-order valence-electron chi connectivity index (χ0n) is 12.4. The number of hydrogen-bond acceptors (Lipinski definition) is 3. The average Bonchev–Trinajstić information content (AvgIpc) is 3.24. The van der Waals surface area contributed by atoms with Gasteiger partial charge < -0.3 is 14.7 Å². The van der Waals surface area contributed by atoms with Crippen molar-refractivity contribution in [2.24, 2.45) is 17.8 Å². The molecular formula is C16H17F2NO4.